The Hall–Kier alpha value is -1.44. The summed E-state index contributed by atoms with van der Waals surface area (Å²) >= 11 is 0. The van der Waals surface area contributed by atoms with Crippen molar-refractivity contribution in [1.29, 1.82) is 0 Å². The zero-order valence-corrected chi connectivity index (χ0v) is 18.1. The number of nitrogens with zero attached hydrogens (tertiary/aromatic N) is 2. The van der Waals surface area contributed by atoms with Gasteiger partial charge in [-0.1, -0.05) is 26.0 Å². The van der Waals surface area contributed by atoms with Crippen molar-refractivity contribution in [2.24, 2.45) is 5.92 Å². The van der Waals surface area contributed by atoms with Crippen molar-refractivity contribution in [1.82, 2.24) is 9.21 Å². The van der Waals surface area contributed by atoms with E-state index in [4.69, 9.17) is 4.74 Å². The number of morpholine rings is 1. The molecule has 2 aliphatic heterocycles. The fourth-order valence-corrected chi connectivity index (χ4v) is 5.60. The monoisotopic (exact) mass is 408 g/mol. The molecule has 3 rings (SSSR count). The number of benzene rings is 1. The number of piperidine rings is 1. The number of amides is 1. The number of sulfonamides is 1. The third kappa shape index (κ3) is 4.58. The van der Waals surface area contributed by atoms with Crippen molar-refractivity contribution < 1.29 is 17.9 Å². The first-order valence-corrected chi connectivity index (χ1v) is 11.7. The molecule has 28 heavy (non-hydrogen) atoms. The van der Waals surface area contributed by atoms with Gasteiger partial charge in [-0.3, -0.25) is 4.79 Å². The Morgan fingerprint density at radius 3 is 2.07 bits per heavy atom. The summed E-state index contributed by atoms with van der Waals surface area (Å²) < 4.78 is 33.1. The predicted octanol–water partition coefficient (Wildman–Crippen LogP) is 2.85. The first kappa shape index (κ1) is 21.3. The summed E-state index contributed by atoms with van der Waals surface area (Å²) in [5, 5.41) is 0. The van der Waals surface area contributed by atoms with Gasteiger partial charge in [-0.15, -0.1) is 0 Å². The van der Waals surface area contributed by atoms with Crippen molar-refractivity contribution in [3.05, 3.63) is 29.8 Å². The first-order valence-electron chi connectivity index (χ1n) is 10.2. The topological polar surface area (TPSA) is 66.9 Å². The van der Waals surface area contributed by atoms with Gasteiger partial charge in [0, 0.05) is 32.1 Å². The molecule has 0 radical (unpaired) electrons. The van der Waals surface area contributed by atoms with Gasteiger partial charge in [0.2, 0.25) is 15.9 Å². The molecule has 2 atom stereocenters. The summed E-state index contributed by atoms with van der Waals surface area (Å²) in [5.41, 5.74) is 1.12. The second-order valence-corrected chi connectivity index (χ2v) is 10.3. The van der Waals surface area contributed by atoms with Gasteiger partial charge in [-0.2, -0.15) is 4.31 Å². The Morgan fingerprint density at radius 1 is 1.04 bits per heavy atom. The van der Waals surface area contributed by atoms with E-state index < -0.39 is 10.0 Å². The van der Waals surface area contributed by atoms with Gasteiger partial charge >= 0.3 is 0 Å². The Bertz CT molecular complexity index is 773. The van der Waals surface area contributed by atoms with Crippen LogP contribution in [0.4, 0.5) is 0 Å². The molecule has 0 aliphatic carbocycles. The molecule has 2 saturated heterocycles. The zero-order chi connectivity index (χ0) is 20.5. The average molecular weight is 409 g/mol. The van der Waals surface area contributed by atoms with Crippen LogP contribution in [0.15, 0.2) is 29.2 Å². The van der Waals surface area contributed by atoms with Crippen molar-refractivity contribution in [3.63, 3.8) is 0 Å². The highest BCUT2D eigenvalue weighted by atomic mass is 32.2. The molecule has 2 heterocycles. The number of hydrogen-bond donors (Lipinski definition) is 0. The van der Waals surface area contributed by atoms with Crippen LogP contribution in [0.1, 0.15) is 52.0 Å². The van der Waals surface area contributed by atoms with Crippen molar-refractivity contribution >= 4 is 15.9 Å². The van der Waals surface area contributed by atoms with Crippen LogP contribution in [0.5, 0.6) is 0 Å². The minimum atomic E-state index is -3.51. The zero-order valence-electron chi connectivity index (χ0n) is 17.3. The van der Waals surface area contributed by atoms with E-state index in [1.54, 1.807) is 12.1 Å². The van der Waals surface area contributed by atoms with E-state index in [1.165, 1.54) is 4.31 Å². The summed E-state index contributed by atoms with van der Waals surface area (Å²) in [6.45, 7) is 10.1. The van der Waals surface area contributed by atoms with Crippen molar-refractivity contribution in [2.45, 2.75) is 63.6 Å². The molecule has 0 saturated carbocycles. The van der Waals surface area contributed by atoms with Gasteiger partial charge in [0.15, 0.2) is 0 Å². The lowest BCUT2D eigenvalue weighted by molar-refractivity contribution is -0.148. The Balaban J connectivity index is 1.62. The lowest BCUT2D eigenvalue weighted by Gasteiger charge is -2.39. The maximum absolute atomic E-state index is 12.9. The lowest BCUT2D eigenvalue weighted by Crippen LogP contribution is -2.51. The normalized spacial score (nSPS) is 25.2. The average Bonchev–Trinajstić information content (AvgIpc) is 2.67. The molecule has 0 aromatic heterocycles. The molecule has 0 spiro atoms. The molecule has 6 nitrogen and oxygen atoms in total. The molecular weight excluding hydrogens is 376 g/mol. The lowest BCUT2D eigenvalue weighted by atomic mass is 9.96. The van der Waals surface area contributed by atoms with Crippen LogP contribution in [0.25, 0.3) is 0 Å². The Morgan fingerprint density at radius 2 is 1.57 bits per heavy atom. The highest BCUT2D eigenvalue weighted by molar-refractivity contribution is 7.89. The van der Waals surface area contributed by atoms with E-state index in [0.717, 1.165) is 5.56 Å². The molecule has 2 aliphatic rings. The van der Waals surface area contributed by atoms with Gasteiger partial charge in [0.25, 0.3) is 0 Å². The number of ether oxygens (including phenoxy) is 1. The van der Waals surface area contributed by atoms with E-state index >= 15 is 0 Å². The summed E-state index contributed by atoms with van der Waals surface area (Å²) in [5.74, 6) is 0.400. The fraction of sp³-hybridized carbons (Fsp3) is 0.667. The molecule has 1 aromatic carbocycles. The van der Waals surface area contributed by atoms with Gasteiger partial charge < -0.3 is 9.64 Å². The standard InChI is InChI=1S/C21H32N2O4S/c1-15(2)18-5-7-20(8-6-18)28(25,26)23-11-9-19(10-12-23)21(24)22-13-16(3)27-17(4)14-22/h5-8,15-17,19H,9-14H2,1-4H3. The van der Waals surface area contributed by atoms with Gasteiger partial charge in [-0.25, -0.2) is 8.42 Å². The van der Waals surface area contributed by atoms with E-state index in [0.29, 0.717) is 49.8 Å². The minimum Gasteiger partial charge on any atom is -0.372 e. The van der Waals surface area contributed by atoms with Crippen LogP contribution in [0.2, 0.25) is 0 Å². The van der Waals surface area contributed by atoms with E-state index in [-0.39, 0.29) is 24.0 Å². The number of rotatable bonds is 4. The second-order valence-electron chi connectivity index (χ2n) is 8.40. The quantitative estimate of drug-likeness (QED) is 0.768. The van der Waals surface area contributed by atoms with E-state index in [2.05, 4.69) is 13.8 Å². The maximum atomic E-state index is 12.9. The Labute approximate surface area is 168 Å². The molecule has 2 unspecified atom stereocenters. The molecule has 7 heteroatoms. The van der Waals surface area contributed by atoms with Gasteiger partial charge in [0.05, 0.1) is 17.1 Å². The Kier molecular flexibility index (Phi) is 6.47. The summed E-state index contributed by atoms with van der Waals surface area (Å²) in [6, 6.07) is 7.15. The van der Waals surface area contributed by atoms with E-state index in [1.807, 2.05) is 30.9 Å². The van der Waals surface area contributed by atoms with Crippen molar-refractivity contribution in [3.8, 4) is 0 Å². The molecular formula is C21H32N2O4S. The smallest absolute Gasteiger partial charge is 0.243 e. The van der Waals surface area contributed by atoms with Crippen LogP contribution in [-0.2, 0) is 19.6 Å². The number of carbonyl (C=O) groups is 1. The summed E-state index contributed by atoms with van der Waals surface area (Å²) in [7, 11) is -3.51. The molecule has 2 fully saturated rings. The number of hydrogen-bond acceptors (Lipinski definition) is 4. The van der Waals surface area contributed by atoms with Crippen molar-refractivity contribution in [2.75, 3.05) is 26.2 Å². The fourth-order valence-electron chi connectivity index (χ4n) is 4.13. The highest BCUT2D eigenvalue weighted by Crippen LogP contribution is 2.27. The number of carbonyl (C=O) groups excluding carboxylic acids is 1. The molecule has 1 aromatic rings. The van der Waals surface area contributed by atoms with E-state index in [9.17, 15) is 13.2 Å². The van der Waals surface area contributed by atoms with Crippen LogP contribution in [-0.4, -0.2) is 61.9 Å². The predicted molar refractivity (Wildman–Crippen MR) is 109 cm³/mol. The van der Waals surface area contributed by atoms with Crippen LogP contribution in [0.3, 0.4) is 0 Å². The molecule has 1 amide bonds. The molecule has 0 N–H and O–H groups in total. The second kappa shape index (κ2) is 8.51. The van der Waals surface area contributed by atoms with Gasteiger partial charge in [-0.05, 0) is 50.3 Å². The van der Waals surface area contributed by atoms with Crippen LogP contribution in [0, 0.1) is 5.92 Å². The highest BCUT2D eigenvalue weighted by Gasteiger charge is 2.35. The summed E-state index contributed by atoms with van der Waals surface area (Å²) in [6.07, 6.45) is 1.23. The first-order chi connectivity index (χ1) is 13.2. The molecule has 156 valence electrons. The largest absolute Gasteiger partial charge is 0.372 e. The summed E-state index contributed by atoms with van der Waals surface area (Å²) in [4.78, 5) is 15.1. The maximum Gasteiger partial charge on any atom is 0.243 e. The van der Waals surface area contributed by atoms with Gasteiger partial charge in [0.1, 0.15) is 0 Å². The van der Waals surface area contributed by atoms with Crippen LogP contribution < -0.4 is 0 Å². The SMILES string of the molecule is CC1CN(C(=O)C2CCN(S(=O)(=O)c3ccc(C(C)C)cc3)CC2)CC(C)O1. The molecule has 0 bridgehead atoms. The van der Waals surface area contributed by atoms with Crippen LogP contribution >= 0.6 is 0 Å². The third-order valence-electron chi connectivity index (χ3n) is 5.72. The minimum absolute atomic E-state index is 0.0435. The third-order valence-corrected chi connectivity index (χ3v) is 7.63.